The number of nitrogens with zero attached hydrogens (tertiary/aromatic N) is 2. The molecule has 0 aromatic carbocycles. The summed E-state index contributed by atoms with van der Waals surface area (Å²) in [5, 5.41) is 2.62. The monoisotopic (exact) mass is 241 g/mol. The Balaban J connectivity index is 2.31. The summed E-state index contributed by atoms with van der Waals surface area (Å²) in [6, 6.07) is 3.67. The van der Waals surface area contributed by atoms with Crippen molar-refractivity contribution in [3.8, 4) is 0 Å². The first kappa shape index (κ1) is 11.3. The Labute approximate surface area is 95.4 Å². The molecule has 1 aromatic rings. The quantitative estimate of drug-likeness (QED) is 0.781. The normalized spacial score (nSPS) is 22.1. The molecule has 0 aliphatic carbocycles. The second-order valence-corrected chi connectivity index (χ2v) is 6.09. The van der Waals surface area contributed by atoms with E-state index in [9.17, 15) is 8.42 Å². The summed E-state index contributed by atoms with van der Waals surface area (Å²) >= 11 is 0. The molecule has 0 spiro atoms. The van der Waals surface area contributed by atoms with Gasteiger partial charge in [0.2, 0.25) is 0 Å². The number of hydrogen-bond donors (Lipinski definition) is 1. The van der Waals surface area contributed by atoms with Crippen molar-refractivity contribution in [1.82, 2.24) is 10.3 Å². The molecule has 1 aliphatic rings. The first-order chi connectivity index (χ1) is 7.59. The van der Waals surface area contributed by atoms with E-state index in [4.69, 9.17) is 0 Å². The highest BCUT2D eigenvalue weighted by atomic mass is 32.2. The van der Waals surface area contributed by atoms with Crippen LogP contribution in [0.25, 0.3) is 0 Å². The molecule has 0 bridgehead atoms. The number of piperazine rings is 1. The second kappa shape index (κ2) is 4.39. The van der Waals surface area contributed by atoms with Gasteiger partial charge in [0, 0.05) is 44.0 Å². The van der Waals surface area contributed by atoms with Gasteiger partial charge in [-0.25, -0.2) is 8.42 Å². The van der Waals surface area contributed by atoms with Crippen molar-refractivity contribution in [1.29, 1.82) is 0 Å². The van der Waals surface area contributed by atoms with Crippen LogP contribution in [-0.4, -0.2) is 44.7 Å². The molecule has 0 radical (unpaired) electrons. The van der Waals surface area contributed by atoms with Gasteiger partial charge in [-0.1, -0.05) is 0 Å². The maximum atomic E-state index is 11.7. The number of nitrogens with one attached hydrogen (secondary N) is 1. The minimum atomic E-state index is -3.08. The summed E-state index contributed by atoms with van der Waals surface area (Å²) in [4.78, 5) is 5.85. The van der Waals surface area contributed by atoms with E-state index >= 15 is 0 Å². The highest BCUT2D eigenvalue weighted by Crippen LogP contribution is 2.19. The van der Waals surface area contributed by atoms with Gasteiger partial charge in [0.05, 0.1) is 0 Å². The number of anilines is 1. The molecule has 1 fully saturated rings. The Bertz CT molecular complexity index is 446. The maximum absolute atomic E-state index is 11.7. The van der Waals surface area contributed by atoms with Crippen LogP contribution in [0.3, 0.4) is 0 Å². The van der Waals surface area contributed by atoms with Crippen LogP contribution >= 0.6 is 0 Å². The van der Waals surface area contributed by atoms with Crippen LogP contribution in [-0.2, 0) is 9.84 Å². The first-order valence-corrected chi connectivity index (χ1v) is 7.11. The van der Waals surface area contributed by atoms with Crippen molar-refractivity contribution in [2.45, 2.75) is 5.37 Å². The van der Waals surface area contributed by atoms with Crippen LogP contribution in [0.1, 0.15) is 0 Å². The summed E-state index contributed by atoms with van der Waals surface area (Å²) in [5.74, 6) is 0. The molecule has 6 heteroatoms. The van der Waals surface area contributed by atoms with Gasteiger partial charge >= 0.3 is 0 Å². The smallest absolute Gasteiger partial charge is 0.169 e. The molecule has 5 nitrogen and oxygen atoms in total. The third-order valence-corrected chi connectivity index (χ3v) is 4.09. The van der Waals surface area contributed by atoms with Gasteiger partial charge in [0.1, 0.15) is 5.37 Å². The van der Waals surface area contributed by atoms with Crippen LogP contribution in [0.2, 0.25) is 0 Å². The molecule has 2 heterocycles. The van der Waals surface area contributed by atoms with E-state index in [0.29, 0.717) is 13.1 Å². The lowest BCUT2D eigenvalue weighted by Gasteiger charge is -2.36. The molecular weight excluding hydrogens is 226 g/mol. The van der Waals surface area contributed by atoms with Crippen LogP contribution < -0.4 is 10.2 Å². The lowest BCUT2D eigenvalue weighted by atomic mass is 10.3. The number of aromatic nitrogens is 1. The van der Waals surface area contributed by atoms with E-state index in [-0.39, 0.29) is 0 Å². The summed E-state index contributed by atoms with van der Waals surface area (Å²) in [6.07, 6.45) is 4.63. The van der Waals surface area contributed by atoms with E-state index < -0.39 is 15.2 Å². The van der Waals surface area contributed by atoms with E-state index in [1.54, 1.807) is 12.4 Å². The summed E-state index contributed by atoms with van der Waals surface area (Å²) in [6.45, 7) is 1.97. The molecule has 1 aromatic heterocycles. The maximum Gasteiger partial charge on any atom is 0.169 e. The zero-order chi connectivity index (χ0) is 11.6. The molecular formula is C10H15N3O2S. The number of hydrogen-bond acceptors (Lipinski definition) is 5. The van der Waals surface area contributed by atoms with Gasteiger partial charge in [-0.05, 0) is 12.1 Å². The molecule has 1 aliphatic heterocycles. The van der Waals surface area contributed by atoms with Gasteiger partial charge in [0.15, 0.2) is 9.84 Å². The van der Waals surface area contributed by atoms with Gasteiger partial charge in [0.25, 0.3) is 0 Å². The lowest BCUT2D eigenvalue weighted by Crippen LogP contribution is -2.54. The molecule has 0 amide bonds. The van der Waals surface area contributed by atoms with Crippen LogP contribution in [0.15, 0.2) is 24.5 Å². The molecule has 1 unspecified atom stereocenters. The van der Waals surface area contributed by atoms with Gasteiger partial charge in [-0.2, -0.15) is 0 Å². The molecule has 88 valence electrons. The summed E-state index contributed by atoms with van der Waals surface area (Å²) < 4.78 is 23.3. The fourth-order valence-corrected chi connectivity index (χ4v) is 3.00. The summed E-state index contributed by atoms with van der Waals surface area (Å²) in [5.41, 5.74) is 0.909. The Morgan fingerprint density at radius 2 is 2.12 bits per heavy atom. The average Bonchev–Trinajstić information content (AvgIpc) is 2.29. The van der Waals surface area contributed by atoms with Crippen LogP contribution in [0.5, 0.6) is 0 Å². The van der Waals surface area contributed by atoms with E-state index in [2.05, 4.69) is 10.3 Å². The zero-order valence-electron chi connectivity index (χ0n) is 9.13. The summed E-state index contributed by atoms with van der Waals surface area (Å²) in [7, 11) is -3.08. The van der Waals surface area contributed by atoms with Crippen molar-refractivity contribution in [3.05, 3.63) is 24.5 Å². The Morgan fingerprint density at radius 1 is 1.44 bits per heavy atom. The molecule has 2 rings (SSSR count). The number of pyridine rings is 1. The molecule has 1 N–H and O–H groups in total. The highest BCUT2D eigenvalue weighted by molar-refractivity contribution is 7.91. The second-order valence-electron chi connectivity index (χ2n) is 3.89. The van der Waals surface area contributed by atoms with Crippen molar-refractivity contribution in [3.63, 3.8) is 0 Å². The minimum Gasteiger partial charge on any atom is -0.353 e. The third-order valence-electron chi connectivity index (χ3n) is 2.68. The Hall–Kier alpha value is -1.14. The van der Waals surface area contributed by atoms with Gasteiger partial charge < -0.3 is 10.2 Å². The Morgan fingerprint density at radius 3 is 2.75 bits per heavy atom. The molecule has 1 saturated heterocycles. The molecule has 0 saturated carbocycles. The number of rotatable bonds is 2. The Kier molecular flexibility index (Phi) is 3.11. The zero-order valence-corrected chi connectivity index (χ0v) is 9.94. The SMILES string of the molecule is CS(=O)(=O)C1CNCCN1c1ccncc1. The molecule has 16 heavy (non-hydrogen) atoms. The highest BCUT2D eigenvalue weighted by Gasteiger charge is 2.30. The fraction of sp³-hybridized carbons (Fsp3) is 0.500. The standard InChI is InChI=1S/C10H15N3O2S/c1-16(14,15)10-8-12-6-7-13(10)9-2-4-11-5-3-9/h2-5,10,12H,6-8H2,1H3. The van der Waals surface area contributed by atoms with Crippen LogP contribution in [0.4, 0.5) is 5.69 Å². The lowest BCUT2D eigenvalue weighted by molar-refractivity contribution is 0.522. The van der Waals surface area contributed by atoms with E-state index in [0.717, 1.165) is 12.2 Å². The third kappa shape index (κ3) is 2.33. The largest absolute Gasteiger partial charge is 0.353 e. The number of sulfone groups is 1. The van der Waals surface area contributed by atoms with E-state index in [1.165, 1.54) is 6.26 Å². The van der Waals surface area contributed by atoms with Crippen molar-refractivity contribution in [2.24, 2.45) is 0 Å². The van der Waals surface area contributed by atoms with Gasteiger partial charge in [-0.15, -0.1) is 0 Å². The first-order valence-electron chi connectivity index (χ1n) is 5.15. The minimum absolute atomic E-state index is 0.473. The fourth-order valence-electron chi connectivity index (χ4n) is 1.89. The van der Waals surface area contributed by atoms with Crippen molar-refractivity contribution < 1.29 is 8.42 Å². The van der Waals surface area contributed by atoms with Crippen molar-refractivity contribution in [2.75, 3.05) is 30.8 Å². The predicted octanol–water partition coefficient (Wildman–Crippen LogP) is -0.138. The topological polar surface area (TPSA) is 62.3 Å². The molecule has 1 atom stereocenters. The van der Waals surface area contributed by atoms with Crippen LogP contribution in [0, 0.1) is 0 Å². The average molecular weight is 241 g/mol. The van der Waals surface area contributed by atoms with E-state index in [1.807, 2.05) is 17.0 Å². The van der Waals surface area contributed by atoms with Crippen molar-refractivity contribution >= 4 is 15.5 Å². The predicted molar refractivity (Wildman–Crippen MR) is 63.1 cm³/mol. The van der Waals surface area contributed by atoms with Gasteiger partial charge in [-0.3, -0.25) is 4.98 Å².